The average Bonchev–Trinajstić information content (AvgIpc) is 2.58. The van der Waals surface area contributed by atoms with Crippen LogP contribution < -0.4 is 9.47 Å². The first-order chi connectivity index (χ1) is 11.5. The largest absolute Gasteiger partial charge is 0.497 e. The van der Waals surface area contributed by atoms with Crippen LogP contribution in [-0.2, 0) is 11.2 Å². The molecule has 0 saturated carbocycles. The first-order valence-electron chi connectivity index (χ1n) is 8.14. The molecule has 0 aliphatic heterocycles. The van der Waals surface area contributed by atoms with Gasteiger partial charge in [-0.3, -0.25) is 4.79 Å². The number of aryl methyl sites for hydroxylation is 1. The molecule has 0 aliphatic carbocycles. The van der Waals surface area contributed by atoms with Crippen molar-refractivity contribution >= 4 is 5.97 Å². The van der Waals surface area contributed by atoms with Crippen LogP contribution in [0.3, 0.4) is 0 Å². The zero-order valence-corrected chi connectivity index (χ0v) is 14.4. The van der Waals surface area contributed by atoms with Gasteiger partial charge in [-0.2, -0.15) is 0 Å². The summed E-state index contributed by atoms with van der Waals surface area (Å²) in [6.45, 7) is 4.62. The average molecular weight is 328 g/mol. The van der Waals surface area contributed by atoms with Crippen LogP contribution in [0.4, 0.5) is 0 Å². The molecule has 2 rings (SSSR count). The molecule has 1 atom stereocenters. The number of rotatable bonds is 8. The van der Waals surface area contributed by atoms with E-state index >= 15 is 0 Å². The molecule has 2 aromatic rings. The van der Waals surface area contributed by atoms with Crippen molar-refractivity contribution in [2.24, 2.45) is 0 Å². The van der Waals surface area contributed by atoms with Gasteiger partial charge in [0.15, 0.2) is 0 Å². The van der Waals surface area contributed by atoms with E-state index in [4.69, 9.17) is 9.47 Å². The molecule has 0 amide bonds. The fourth-order valence-corrected chi connectivity index (χ4v) is 2.71. The Balaban J connectivity index is 2.25. The molecule has 0 aliphatic rings. The van der Waals surface area contributed by atoms with Crippen molar-refractivity contribution in [3.8, 4) is 11.5 Å². The molecule has 4 heteroatoms. The lowest BCUT2D eigenvalue weighted by molar-refractivity contribution is -0.138. The van der Waals surface area contributed by atoms with Crippen molar-refractivity contribution in [3.63, 3.8) is 0 Å². The molecule has 0 aromatic heterocycles. The van der Waals surface area contributed by atoms with Gasteiger partial charge in [0.1, 0.15) is 11.5 Å². The highest BCUT2D eigenvalue weighted by atomic mass is 16.5. The van der Waals surface area contributed by atoms with Gasteiger partial charge in [0.25, 0.3) is 0 Å². The number of ether oxygens (including phenoxy) is 2. The van der Waals surface area contributed by atoms with Crippen LogP contribution in [0.5, 0.6) is 11.5 Å². The summed E-state index contributed by atoms with van der Waals surface area (Å²) in [4.78, 5) is 11.8. The third kappa shape index (κ3) is 4.51. The van der Waals surface area contributed by atoms with E-state index in [2.05, 4.69) is 6.92 Å². The third-order valence-corrected chi connectivity index (χ3v) is 3.96. The van der Waals surface area contributed by atoms with Crippen molar-refractivity contribution in [1.82, 2.24) is 0 Å². The van der Waals surface area contributed by atoms with E-state index < -0.39 is 11.9 Å². The standard InChI is InChI=1S/C20H24O4/c1-4-10-24-17-7-5-6-15(12-17)13-19(20(21)22)18-9-8-16(23-3)11-14(18)2/h5-9,11-12,19H,4,10,13H2,1-3H3,(H,21,22). The normalized spacial score (nSPS) is 11.8. The van der Waals surface area contributed by atoms with E-state index in [-0.39, 0.29) is 0 Å². The van der Waals surface area contributed by atoms with E-state index in [0.29, 0.717) is 13.0 Å². The van der Waals surface area contributed by atoms with Crippen LogP contribution in [0.25, 0.3) is 0 Å². The lowest BCUT2D eigenvalue weighted by Crippen LogP contribution is -2.15. The summed E-state index contributed by atoms with van der Waals surface area (Å²) in [5, 5.41) is 9.69. The second-order valence-corrected chi connectivity index (χ2v) is 5.81. The minimum absolute atomic E-state index is 0.422. The van der Waals surface area contributed by atoms with Gasteiger partial charge in [-0.05, 0) is 60.7 Å². The number of carbonyl (C=O) groups is 1. The van der Waals surface area contributed by atoms with Gasteiger partial charge < -0.3 is 14.6 Å². The summed E-state index contributed by atoms with van der Waals surface area (Å²) in [7, 11) is 1.60. The van der Waals surface area contributed by atoms with E-state index in [1.165, 1.54) is 0 Å². The highest BCUT2D eigenvalue weighted by Crippen LogP contribution is 2.28. The molecule has 0 bridgehead atoms. The zero-order valence-electron chi connectivity index (χ0n) is 14.4. The quantitative estimate of drug-likeness (QED) is 0.789. The second-order valence-electron chi connectivity index (χ2n) is 5.81. The molecule has 0 fully saturated rings. The summed E-state index contributed by atoms with van der Waals surface area (Å²) in [5.74, 6) is 0.0840. The Morgan fingerprint density at radius 2 is 1.96 bits per heavy atom. The Bertz CT molecular complexity index is 694. The van der Waals surface area contributed by atoms with Gasteiger partial charge in [-0.25, -0.2) is 0 Å². The van der Waals surface area contributed by atoms with E-state index in [0.717, 1.165) is 34.6 Å². The lowest BCUT2D eigenvalue weighted by atomic mass is 9.89. The van der Waals surface area contributed by atoms with Crippen LogP contribution in [-0.4, -0.2) is 24.8 Å². The maximum Gasteiger partial charge on any atom is 0.311 e. The molecule has 0 heterocycles. The summed E-state index contributed by atoms with van der Waals surface area (Å²) in [6.07, 6.45) is 1.36. The fraction of sp³-hybridized carbons (Fsp3) is 0.350. The van der Waals surface area contributed by atoms with Crippen LogP contribution in [0.1, 0.15) is 36.0 Å². The van der Waals surface area contributed by atoms with E-state index in [9.17, 15) is 9.90 Å². The highest BCUT2D eigenvalue weighted by Gasteiger charge is 2.22. The predicted octanol–water partition coefficient (Wildman–Crippen LogP) is 4.20. The van der Waals surface area contributed by atoms with E-state index in [1.807, 2.05) is 43.3 Å². The first-order valence-corrected chi connectivity index (χ1v) is 8.14. The van der Waals surface area contributed by atoms with Crippen molar-refractivity contribution < 1.29 is 19.4 Å². The summed E-state index contributed by atoms with van der Waals surface area (Å²) >= 11 is 0. The van der Waals surface area contributed by atoms with Crippen molar-refractivity contribution in [2.45, 2.75) is 32.6 Å². The van der Waals surface area contributed by atoms with Gasteiger partial charge in [0.05, 0.1) is 19.6 Å². The Kier molecular flexibility index (Phi) is 6.24. The number of carboxylic acids is 1. The van der Waals surface area contributed by atoms with Gasteiger partial charge >= 0.3 is 5.97 Å². The van der Waals surface area contributed by atoms with Crippen LogP contribution in [0.15, 0.2) is 42.5 Å². The number of benzene rings is 2. The van der Waals surface area contributed by atoms with Crippen LogP contribution in [0.2, 0.25) is 0 Å². The maximum absolute atomic E-state index is 11.8. The molecule has 0 saturated heterocycles. The van der Waals surface area contributed by atoms with Crippen LogP contribution in [0, 0.1) is 6.92 Å². The molecule has 0 radical (unpaired) electrons. The molecule has 0 spiro atoms. The fourth-order valence-electron chi connectivity index (χ4n) is 2.71. The molecule has 1 unspecified atom stereocenters. The number of aliphatic carboxylic acids is 1. The first kappa shape index (κ1) is 17.9. The number of carboxylic acid groups (broad SMARTS) is 1. The number of hydrogen-bond donors (Lipinski definition) is 1. The Labute approximate surface area is 143 Å². The van der Waals surface area contributed by atoms with Crippen molar-refractivity contribution in [3.05, 3.63) is 59.2 Å². The predicted molar refractivity (Wildman–Crippen MR) is 94.0 cm³/mol. The van der Waals surface area contributed by atoms with Gasteiger partial charge in [-0.1, -0.05) is 25.1 Å². The minimum atomic E-state index is -0.830. The Morgan fingerprint density at radius 1 is 1.17 bits per heavy atom. The number of methoxy groups -OCH3 is 1. The summed E-state index contributed by atoms with van der Waals surface area (Å²) in [6, 6.07) is 13.2. The number of hydrogen-bond acceptors (Lipinski definition) is 3. The molecule has 24 heavy (non-hydrogen) atoms. The molecule has 4 nitrogen and oxygen atoms in total. The van der Waals surface area contributed by atoms with Crippen molar-refractivity contribution in [1.29, 1.82) is 0 Å². The molecule has 1 N–H and O–H groups in total. The van der Waals surface area contributed by atoms with Crippen LogP contribution >= 0.6 is 0 Å². The third-order valence-electron chi connectivity index (χ3n) is 3.96. The minimum Gasteiger partial charge on any atom is -0.497 e. The highest BCUT2D eigenvalue weighted by molar-refractivity contribution is 5.77. The SMILES string of the molecule is CCCOc1cccc(CC(C(=O)O)c2ccc(OC)cc2C)c1. The lowest BCUT2D eigenvalue weighted by Gasteiger charge is -2.17. The Hall–Kier alpha value is -2.49. The van der Waals surface area contributed by atoms with Gasteiger partial charge in [-0.15, -0.1) is 0 Å². The smallest absolute Gasteiger partial charge is 0.311 e. The molecule has 2 aromatic carbocycles. The Morgan fingerprint density at radius 3 is 2.58 bits per heavy atom. The molecular formula is C20H24O4. The van der Waals surface area contributed by atoms with Gasteiger partial charge in [0.2, 0.25) is 0 Å². The van der Waals surface area contributed by atoms with Crippen molar-refractivity contribution in [2.75, 3.05) is 13.7 Å². The van der Waals surface area contributed by atoms with Gasteiger partial charge in [0, 0.05) is 0 Å². The molecule has 128 valence electrons. The second kappa shape index (κ2) is 8.39. The summed E-state index contributed by atoms with van der Waals surface area (Å²) in [5.41, 5.74) is 2.68. The topological polar surface area (TPSA) is 55.8 Å². The zero-order chi connectivity index (χ0) is 17.5. The van der Waals surface area contributed by atoms with E-state index in [1.54, 1.807) is 13.2 Å². The molecular weight excluding hydrogens is 304 g/mol. The monoisotopic (exact) mass is 328 g/mol. The maximum atomic E-state index is 11.8. The summed E-state index contributed by atoms with van der Waals surface area (Å²) < 4.78 is 10.8.